The molecule has 8 aliphatic rings. The third-order valence-corrected chi connectivity index (χ3v) is 24.2. The van der Waals surface area contributed by atoms with Gasteiger partial charge in [-0.05, 0) is 176 Å². The average Bonchev–Trinajstić information content (AvgIpc) is 1.51. The van der Waals surface area contributed by atoms with Gasteiger partial charge in [-0.15, -0.1) is 12.4 Å². The minimum absolute atomic E-state index is 0. The molecule has 6 fully saturated rings. The highest BCUT2D eigenvalue weighted by atomic mass is 35.5. The van der Waals surface area contributed by atoms with Crippen LogP contribution >= 0.6 is 58.8 Å². The van der Waals surface area contributed by atoms with Crippen LogP contribution < -0.4 is 16.4 Å². The third kappa shape index (κ3) is 13.3. The van der Waals surface area contributed by atoms with E-state index in [2.05, 4.69) is 48.3 Å². The molecule has 4 aromatic rings. The molecule has 5 N–H and O–H groups in total. The number of anilines is 2. The van der Waals surface area contributed by atoms with E-state index >= 15 is 8.78 Å². The molecule has 90 heavy (non-hydrogen) atoms. The molecule has 6 heterocycles. The number of sulfone groups is 2. The molecule has 4 aliphatic heterocycles. The van der Waals surface area contributed by atoms with Crippen molar-refractivity contribution in [3.8, 4) is 0 Å². The molecule has 2 aromatic heterocycles. The van der Waals surface area contributed by atoms with Crippen LogP contribution in [0.3, 0.4) is 0 Å². The Labute approximate surface area is 552 Å². The maximum absolute atomic E-state index is 16.1. The Morgan fingerprint density at radius 1 is 0.633 bits per heavy atom. The maximum Gasteiger partial charge on any atom is 0.307 e. The van der Waals surface area contributed by atoms with Gasteiger partial charge in [0.25, 0.3) is 0 Å². The number of fused-ring (bicyclic) bond motifs is 6. The number of Topliss-reactive ketones (excluding diaryl/α,β-unsaturated/α-hetero) is 1. The van der Waals surface area contributed by atoms with Gasteiger partial charge in [-0.25, -0.2) is 35.6 Å². The molecule has 2 aromatic carbocycles. The fourth-order valence-corrected chi connectivity index (χ4v) is 19.5. The number of carboxylic acids is 1. The first-order valence-corrected chi connectivity index (χ1v) is 36.2. The van der Waals surface area contributed by atoms with Gasteiger partial charge in [0.15, 0.2) is 21.9 Å². The second-order valence-electron chi connectivity index (χ2n) is 28.3. The van der Waals surface area contributed by atoms with Crippen molar-refractivity contribution in [1.82, 2.24) is 9.97 Å². The first kappa shape index (κ1) is 70.2. The molecule has 16 nitrogen and oxygen atoms in total. The molecule has 4 spiro atoms. The number of pyridine rings is 2. The zero-order chi connectivity index (χ0) is 64.6. The molecule has 1 unspecified atom stereocenters. The molecule has 0 bridgehead atoms. The van der Waals surface area contributed by atoms with E-state index in [0.29, 0.717) is 65.7 Å². The summed E-state index contributed by atoms with van der Waals surface area (Å²) in [5.74, 6) is -6.41. The Morgan fingerprint density at radius 3 is 1.43 bits per heavy atom. The number of nitrogens with zero attached hydrogens (tertiary/aromatic N) is 2. The maximum atomic E-state index is 16.1. The Balaban J connectivity index is 0.000000183. The summed E-state index contributed by atoms with van der Waals surface area (Å²) in [4.78, 5) is 63.5. The molecular weight excluding hydrogens is 1310 g/mol. The summed E-state index contributed by atoms with van der Waals surface area (Å²) in [6.07, 6.45) is 14.7. The summed E-state index contributed by atoms with van der Waals surface area (Å²) < 4.78 is 88.0. The first-order chi connectivity index (χ1) is 41.7. The van der Waals surface area contributed by atoms with E-state index in [0.717, 1.165) is 56.9 Å². The third-order valence-electron chi connectivity index (χ3n) is 21.3. The van der Waals surface area contributed by atoms with Crippen molar-refractivity contribution in [2.24, 2.45) is 45.1 Å². The number of benzene rings is 2. The molecule has 4 aliphatic carbocycles. The number of ketones is 1. The van der Waals surface area contributed by atoms with Gasteiger partial charge in [-0.3, -0.25) is 19.2 Å². The smallest absolute Gasteiger partial charge is 0.307 e. The topological polar surface area (TPSA) is 251 Å². The van der Waals surface area contributed by atoms with Crippen LogP contribution in [0.15, 0.2) is 60.9 Å². The van der Waals surface area contributed by atoms with Gasteiger partial charge in [-0.2, -0.15) is 0 Å². The number of hydrogen-bond donors (Lipinski definition) is 4. The summed E-state index contributed by atoms with van der Waals surface area (Å²) in [5.41, 5.74) is 5.03. The minimum atomic E-state index is -3.18. The lowest BCUT2D eigenvalue weighted by Gasteiger charge is -2.51. The zero-order valence-electron chi connectivity index (χ0n) is 51.3. The predicted octanol–water partition coefficient (Wildman–Crippen LogP) is 13.1. The molecular formula is C65H80Cl5F2N5O11S2. The zero-order valence-corrected chi connectivity index (χ0v) is 56.8. The largest absolute Gasteiger partial charge is 0.481 e. The lowest BCUT2D eigenvalue weighted by molar-refractivity contribution is -0.142. The summed E-state index contributed by atoms with van der Waals surface area (Å²) in [6, 6.07) is 13.7. The number of amides is 2. The lowest BCUT2D eigenvalue weighted by atomic mass is 9.51. The molecule has 2 saturated heterocycles. The van der Waals surface area contributed by atoms with E-state index in [1.165, 1.54) is 31.0 Å². The number of aromatic nitrogens is 2. The lowest BCUT2D eigenvalue weighted by Crippen LogP contribution is -2.52. The van der Waals surface area contributed by atoms with Crippen LogP contribution in [0.1, 0.15) is 158 Å². The van der Waals surface area contributed by atoms with Crippen LogP contribution in [0.5, 0.6) is 0 Å². The van der Waals surface area contributed by atoms with Crippen LogP contribution in [-0.2, 0) is 59.2 Å². The van der Waals surface area contributed by atoms with Crippen molar-refractivity contribution in [1.29, 1.82) is 0 Å². The van der Waals surface area contributed by atoms with Gasteiger partial charge < -0.3 is 30.9 Å². The standard InChI is InChI=1S/C33H39Cl2FN2O5S.C25H25Cl2FN2O3.C7H15NO3S.ClH/c1-31(2)9-11-32(12-10-31)16-23(26(39)14-19-4-6-21(43-17-19)18-44(3,41)42)27(22-8-13-37-29(35)28(22)36)33(32)24-7-5-20(34)15-25(24)38-30(33)40;1-23(2)6-8-24(9-7-23)12-15(21(31)32)18(14-5-10-29-20(27)19(14)28)25(24)16-4-3-13(26)11-17(16)30-22(25)33;1-12(9,10)5-7-3-2-6(8)4-11-7;/h5,7-8,13,15,19,21,23,27H,4,6,9-12,14,16-18H2,1-3H3,(H,38,40);3-5,10-11,15,18H,6-9,12H2,1-2H3,(H,30,33)(H,31,32);6-7H,2-5,8H2,1H3;1H/t19-,21-,23-,27-,33+;15-,18+,25?;6-,7+;/m011./s1. The molecule has 10 atom stereocenters. The number of nitrogens with two attached hydrogens (primary N) is 1. The number of carbonyl (C=O) groups excluding carboxylic acids is 3. The summed E-state index contributed by atoms with van der Waals surface area (Å²) in [6.45, 7) is 9.61. The number of ether oxygens (including phenoxy) is 2. The fourth-order valence-electron chi connectivity index (χ4n) is 17.0. The van der Waals surface area contributed by atoms with Gasteiger partial charge in [0.2, 0.25) is 11.8 Å². The minimum Gasteiger partial charge on any atom is -0.481 e. The van der Waals surface area contributed by atoms with E-state index < -0.39 is 82.6 Å². The number of nitrogens with one attached hydrogen (secondary N) is 2. The summed E-state index contributed by atoms with van der Waals surface area (Å²) in [7, 11) is -6.09. The van der Waals surface area contributed by atoms with E-state index in [4.69, 9.17) is 61.6 Å². The van der Waals surface area contributed by atoms with Crippen molar-refractivity contribution in [2.45, 2.75) is 165 Å². The van der Waals surface area contributed by atoms with Gasteiger partial charge in [0.05, 0.1) is 53.7 Å². The van der Waals surface area contributed by atoms with Crippen LogP contribution in [0.4, 0.5) is 20.2 Å². The molecule has 4 saturated carbocycles. The van der Waals surface area contributed by atoms with Crippen molar-refractivity contribution in [3.63, 3.8) is 0 Å². The number of aliphatic carboxylic acids is 1. The molecule has 0 radical (unpaired) electrons. The predicted molar refractivity (Wildman–Crippen MR) is 346 cm³/mol. The summed E-state index contributed by atoms with van der Waals surface area (Å²) >= 11 is 24.9. The van der Waals surface area contributed by atoms with Gasteiger partial charge in [0.1, 0.15) is 25.5 Å². The number of carboxylic acid groups (broad SMARTS) is 1. The fraction of sp³-hybridized carbons (Fsp3) is 0.600. The Hall–Kier alpha value is -4.09. The highest BCUT2D eigenvalue weighted by Crippen LogP contribution is 2.74. The second kappa shape index (κ2) is 26.3. The van der Waals surface area contributed by atoms with Crippen molar-refractivity contribution >= 4 is 113 Å². The molecule has 2 amide bonds. The number of hydrogen-bond acceptors (Lipinski definition) is 13. The molecule has 492 valence electrons. The Kier molecular flexibility index (Phi) is 20.5. The average molecular weight is 1390 g/mol. The Bertz CT molecular complexity index is 3660. The van der Waals surface area contributed by atoms with Crippen LogP contribution in [-0.4, -0.2) is 111 Å². The van der Waals surface area contributed by atoms with Gasteiger partial charge in [0, 0.05) is 76.5 Å². The number of halogens is 7. The van der Waals surface area contributed by atoms with Crippen molar-refractivity contribution in [2.75, 3.05) is 47.9 Å². The van der Waals surface area contributed by atoms with Crippen molar-refractivity contribution in [3.05, 3.63) is 115 Å². The van der Waals surface area contributed by atoms with Crippen LogP contribution in [0.2, 0.25) is 20.4 Å². The normalized spacial score (nSPS) is 30.1. The quantitative estimate of drug-likeness (QED) is 0.108. The van der Waals surface area contributed by atoms with Gasteiger partial charge in [-0.1, -0.05) is 86.2 Å². The van der Waals surface area contributed by atoms with Crippen molar-refractivity contribution < 1.29 is 59.4 Å². The monoisotopic (exact) mass is 1380 g/mol. The van der Waals surface area contributed by atoms with E-state index in [-0.39, 0.29) is 117 Å². The number of rotatable bonds is 10. The molecule has 25 heteroatoms. The van der Waals surface area contributed by atoms with Crippen LogP contribution in [0.25, 0.3) is 0 Å². The Morgan fingerprint density at radius 2 is 1.04 bits per heavy atom. The summed E-state index contributed by atoms with van der Waals surface area (Å²) in [5, 5.41) is 16.7. The highest BCUT2D eigenvalue weighted by molar-refractivity contribution is 7.90. The number of carbonyl (C=O) groups is 4. The molecule has 12 rings (SSSR count). The van der Waals surface area contributed by atoms with E-state index in [1.807, 2.05) is 6.07 Å². The second-order valence-corrected chi connectivity index (χ2v) is 34.2. The first-order valence-electron chi connectivity index (χ1n) is 30.6. The highest BCUT2D eigenvalue weighted by Gasteiger charge is 2.74. The SMILES string of the molecule is CC1(C)CCC2(CC1)C[C@@H](C(=O)C[C@@H]1CC[C@@H](CS(C)(=O)=O)OC1)[C@H](c1ccnc(Cl)c1F)[C@]21C(=O)Nc2cc(Cl)ccc21.CC1(C)CCC2(CC1)C[C@@H](C(=O)O)[C@H](c1ccnc(Cl)c1F)C21C(=O)Nc2cc(Cl)ccc21.CS(=O)(=O)C[C@@H]1CC[C@@H](N)CO1.Cl. The van der Waals surface area contributed by atoms with E-state index in [9.17, 15) is 41.1 Å². The van der Waals surface area contributed by atoms with Gasteiger partial charge >= 0.3 is 5.97 Å². The van der Waals surface area contributed by atoms with Crippen LogP contribution in [0, 0.1) is 51.0 Å². The van der Waals surface area contributed by atoms with E-state index in [1.54, 1.807) is 36.4 Å².